The lowest BCUT2D eigenvalue weighted by molar-refractivity contribution is 0.214. The zero-order chi connectivity index (χ0) is 14.2. The number of rotatable bonds is 7. The summed E-state index contributed by atoms with van der Waals surface area (Å²) in [6.07, 6.45) is 1.08. The Morgan fingerprint density at radius 2 is 1.90 bits per heavy atom. The van der Waals surface area contributed by atoms with Gasteiger partial charge in [-0.3, -0.25) is 0 Å². The van der Waals surface area contributed by atoms with Crippen molar-refractivity contribution in [2.45, 2.75) is 32.9 Å². The fourth-order valence-corrected chi connectivity index (χ4v) is 1.87. The summed E-state index contributed by atoms with van der Waals surface area (Å²) < 4.78 is 5.79. The highest BCUT2D eigenvalue weighted by molar-refractivity contribution is 5.19. The first-order chi connectivity index (χ1) is 9.79. The Hall–Kier alpha value is -1.94. The molecule has 1 unspecified atom stereocenters. The van der Waals surface area contributed by atoms with E-state index in [4.69, 9.17) is 4.74 Å². The van der Waals surface area contributed by atoms with Crippen molar-refractivity contribution in [3.8, 4) is 5.88 Å². The average Bonchev–Trinajstić information content (AvgIpc) is 2.50. The molecule has 0 radical (unpaired) electrons. The van der Waals surface area contributed by atoms with E-state index in [1.54, 1.807) is 0 Å². The predicted molar refractivity (Wildman–Crippen MR) is 79.5 cm³/mol. The SMILES string of the molecule is CCCNCc1ccc(OC(C)c2ccccc2)nn1. The quantitative estimate of drug-likeness (QED) is 0.786. The van der Waals surface area contributed by atoms with Gasteiger partial charge in [-0.05, 0) is 31.5 Å². The third-order valence-electron chi connectivity index (χ3n) is 2.99. The highest BCUT2D eigenvalue weighted by Crippen LogP contribution is 2.18. The van der Waals surface area contributed by atoms with Crippen LogP contribution in [0.25, 0.3) is 0 Å². The minimum atomic E-state index is -0.0328. The van der Waals surface area contributed by atoms with Crippen LogP contribution in [0.4, 0.5) is 0 Å². The van der Waals surface area contributed by atoms with E-state index < -0.39 is 0 Å². The van der Waals surface area contributed by atoms with Crippen LogP contribution in [0.1, 0.15) is 37.6 Å². The molecular formula is C16H21N3O. The minimum absolute atomic E-state index is 0.0328. The first kappa shape index (κ1) is 14.5. The molecule has 0 spiro atoms. The van der Waals surface area contributed by atoms with E-state index in [0.717, 1.165) is 30.8 Å². The fourth-order valence-electron chi connectivity index (χ4n) is 1.87. The summed E-state index contributed by atoms with van der Waals surface area (Å²) >= 11 is 0. The summed E-state index contributed by atoms with van der Waals surface area (Å²) in [5.74, 6) is 0.556. The van der Waals surface area contributed by atoms with Crippen LogP contribution < -0.4 is 10.1 Å². The molecule has 1 heterocycles. The van der Waals surface area contributed by atoms with E-state index in [0.29, 0.717) is 5.88 Å². The third-order valence-corrected chi connectivity index (χ3v) is 2.99. The summed E-state index contributed by atoms with van der Waals surface area (Å²) in [7, 11) is 0. The van der Waals surface area contributed by atoms with Gasteiger partial charge in [-0.25, -0.2) is 0 Å². The maximum absolute atomic E-state index is 5.79. The van der Waals surface area contributed by atoms with Gasteiger partial charge in [-0.1, -0.05) is 37.3 Å². The first-order valence-electron chi connectivity index (χ1n) is 7.04. The lowest BCUT2D eigenvalue weighted by Crippen LogP contribution is -2.15. The van der Waals surface area contributed by atoms with Crippen molar-refractivity contribution in [3.63, 3.8) is 0 Å². The lowest BCUT2D eigenvalue weighted by atomic mass is 10.1. The molecule has 0 aliphatic carbocycles. The molecule has 4 heteroatoms. The van der Waals surface area contributed by atoms with E-state index in [9.17, 15) is 0 Å². The fraction of sp³-hybridized carbons (Fsp3) is 0.375. The Morgan fingerprint density at radius 1 is 1.10 bits per heavy atom. The molecule has 0 bridgehead atoms. The van der Waals surface area contributed by atoms with E-state index in [1.165, 1.54) is 0 Å². The smallest absolute Gasteiger partial charge is 0.233 e. The molecule has 0 saturated carbocycles. The van der Waals surface area contributed by atoms with Crippen LogP contribution in [-0.4, -0.2) is 16.7 Å². The van der Waals surface area contributed by atoms with Gasteiger partial charge in [0.05, 0.1) is 5.69 Å². The highest BCUT2D eigenvalue weighted by atomic mass is 16.5. The summed E-state index contributed by atoms with van der Waals surface area (Å²) in [6, 6.07) is 13.9. The molecule has 1 aromatic carbocycles. The zero-order valence-corrected chi connectivity index (χ0v) is 12.0. The molecule has 20 heavy (non-hydrogen) atoms. The summed E-state index contributed by atoms with van der Waals surface area (Å²) in [5.41, 5.74) is 2.06. The van der Waals surface area contributed by atoms with Crippen molar-refractivity contribution >= 4 is 0 Å². The Bertz CT molecular complexity index is 499. The number of nitrogens with zero attached hydrogens (tertiary/aromatic N) is 2. The van der Waals surface area contributed by atoms with Crippen molar-refractivity contribution < 1.29 is 4.74 Å². The predicted octanol–water partition coefficient (Wildman–Crippen LogP) is 3.12. The number of nitrogens with one attached hydrogen (secondary N) is 1. The minimum Gasteiger partial charge on any atom is -0.469 e. The van der Waals surface area contributed by atoms with Gasteiger partial charge in [-0.2, -0.15) is 5.10 Å². The van der Waals surface area contributed by atoms with Crippen LogP contribution in [-0.2, 0) is 6.54 Å². The molecule has 0 saturated heterocycles. The Balaban J connectivity index is 1.90. The second-order valence-corrected chi connectivity index (χ2v) is 4.71. The number of hydrogen-bond donors (Lipinski definition) is 1. The van der Waals surface area contributed by atoms with Crippen molar-refractivity contribution in [3.05, 3.63) is 53.7 Å². The largest absolute Gasteiger partial charge is 0.469 e. The molecular weight excluding hydrogens is 250 g/mol. The summed E-state index contributed by atoms with van der Waals surface area (Å²) in [5, 5.41) is 11.6. The topological polar surface area (TPSA) is 47.0 Å². The van der Waals surface area contributed by atoms with Crippen molar-refractivity contribution in [2.75, 3.05) is 6.54 Å². The highest BCUT2D eigenvalue weighted by Gasteiger charge is 2.07. The van der Waals surface area contributed by atoms with E-state index in [2.05, 4.69) is 22.4 Å². The van der Waals surface area contributed by atoms with Gasteiger partial charge >= 0.3 is 0 Å². The van der Waals surface area contributed by atoms with Crippen molar-refractivity contribution in [1.82, 2.24) is 15.5 Å². The Morgan fingerprint density at radius 3 is 2.55 bits per heavy atom. The van der Waals surface area contributed by atoms with Crippen LogP contribution in [0.15, 0.2) is 42.5 Å². The molecule has 1 aromatic heterocycles. The summed E-state index contributed by atoms with van der Waals surface area (Å²) in [6.45, 7) is 5.88. The zero-order valence-electron chi connectivity index (χ0n) is 12.0. The Labute approximate surface area is 120 Å². The molecule has 2 rings (SSSR count). The third kappa shape index (κ3) is 4.31. The van der Waals surface area contributed by atoms with Crippen LogP contribution in [0, 0.1) is 0 Å². The van der Waals surface area contributed by atoms with E-state index in [1.807, 2.05) is 49.4 Å². The second kappa shape index (κ2) is 7.60. The molecule has 0 amide bonds. The van der Waals surface area contributed by atoms with Crippen molar-refractivity contribution in [1.29, 1.82) is 0 Å². The van der Waals surface area contributed by atoms with Crippen molar-refractivity contribution in [2.24, 2.45) is 0 Å². The van der Waals surface area contributed by atoms with Crippen LogP contribution in [0.2, 0.25) is 0 Å². The van der Waals surface area contributed by atoms with Gasteiger partial charge < -0.3 is 10.1 Å². The normalized spacial score (nSPS) is 12.1. The number of aromatic nitrogens is 2. The monoisotopic (exact) mass is 271 g/mol. The molecule has 2 aromatic rings. The van der Waals surface area contributed by atoms with Crippen LogP contribution in [0.5, 0.6) is 5.88 Å². The molecule has 0 aliphatic rings. The van der Waals surface area contributed by atoms with Gasteiger partial charge in [-0.15, -0.1) is 5.10 Å². The lowest BCUT2D eigenvalue weighted by Gasteiger charge is -2.13. The molecule has 1 N–H and O–H groups in total. The first-order valence-corrected chi connectivity index (χ1v) is 7.04. The van der Waals surface area contributed by atoms with Gasteiger partial charge in [0.15, 0.2) is 0 Å². The van der Waals surface area contributed by atoms with Crippen LogP contribution >= 0.6 is 0 Å². The van der Waals surface area contributed by atoms with Gasteiger partial charge in [0.25, 0.3) is 0 Å². The maximum Gasteiger partial charge on any atom is 0.233 e. The Kier molecular flexibility index (Phi) is 5.50. The number of benzene rings is 1. The van der Waals surface area contributed by atoms with E-state index in [-0.39, 0.29) is 6.10 Å². The van der Waals surface area contributed by atoms with E-state index >= 15 is 0 Å². The molecule has 4 nitrogen and oxygen atoms in total. The maximum atomic E-state index is 5.79. The molecule has 106 valence electrons. The summed E-state index contributed by atoms with van der Waals surface area (Å²) in [4.78, 5) is 0. The van der Waals surface area contributed by atoms with Gasteiger partial charge in [0.1, 0.15) is 6.10 Å². The van der Waals surface area contributed by atoms with Crippen LogP contribution in [0.3, 0.4) is 0 Å². The average molecular weight is 271 g/mol. The molecule has 1 atom stereocenters. The standard InChI is InChI=1S/C16H21N3O/c1-3-11-17-12-15-9-10-16(19-18-15)20-13(2)14-7-5-4-6-8-14/h4-10,13,17H,3,11-12H2,1-2H3. The number of hydrogen-bond acceptors (Lipinski definition) is 4. The van der Waals surface area contributed by atoms with Gasteiger partial charge in [0, 0.05) is 12.6 Å². The molecule has 0 fully saturated rings. The molecule has 0 aliphatic heterocycles. The second-order valence-electron chi connectivity index (χ2n) is 4.71. The number of ether oxygens (including phenoxy) is 1. The van der Waals surface area contributed by atoms with Gasteiger partial charge in [0.2, 0.25) is 5.88 Å².